The van der Waals surface area contributed by atoms with Crippen molar-refractivity contribution in [3.63, 3.8) is 0 Å². The van der Waals surface area contributed by atoms with E-state index in [9.17, 15) is 8.42 Å². The number of pyridine rings is 1. The molecule has 4 nitrogen and oxygen atoms in total. The number of benzene rings is 2. The summed E-state index contributed by atoms with van der Waals surface area (Å²) in [5.74, 6) is 0.800. The zero-order chi connectivity index (χ0) is 18.9. The average Bonchev–Trinajstić information content (AvgIpc) is 2.69. The number of hydrogen-bond donors (Lipinski definition) is 0. The van der Waals surface area contributed by atoms with E-state index < -0.39 is 10.1 Å². The number of nitrogens with zero attached hydrogens (tertiary/aromatic N) is 1. The van der Waals surface area contributed by atoms with Crippen LogP contribution in [0.4, 0.5) is 0 Å². The lowest BCUT2D eigenvalue weighted by molar-refractivity contribution is 0.443. The van der Waals surface area contributed by atoms with Crippen molar-refractivity contribution < 1.29 is 12.6 Å². The summed E-state index contributed by atoms with van der Waals surface area (Å²) in [5, 5.41) is 0.848. The Kier molecular flexibility index (Phi) is 4.87. The van der Waals surface area contributed by atoms with Gasteiger partial charge in [0, 0.05) is 11.1 Å². The molecule has 27 heavy (non-hydrogen) atoms. The Labute approximate surface area is 160 Å². The molecule has 0 radical (unpaired) electrons. The molecule has 1 heterocycles. The topological polar surface area (TPSA) is 56.3 Å². The molecule has 1 aliphatic rings. The van der Waals surface area contributed by atoms with Crippen LogP contribution in [-0.4, -0.2) is 13.4 Å². The monoisotopic (exact) mass is 381 g/mol. The Bertz CT molecular complexity index is 1050. The van der Waals surface area contributed by atoms with Crippen molar-refractivity contribution in [1.29, 1.82) is 0 Å². The van der Waals surface area contributed by atoms with Gasteiger partial charge in [-0.3, -0.25) is 0 Å². The van der Waals surface area contributed by atoms with Crippen molar-refractivity contribution in [3.05, 3.63) is 65.9 Å². The second-order valence-electron chi connectivity index (χ2n) is 7.22. The largest absolute Gasteiger partial charge is 0.377 e. The van der Waals surface area contributed by atoms with Crippen LogP contribution < -0.4 is 4.18 Å². The van der Waals surface area contributed by atoms with Gasteiger partial charge in [-0.15, -0.1) is 0 Å². The first-order valence-electron chi connectivity index (χ1n) is 9.44. The summed E-state index contributed by atoms with van der Waals surface area (Å²) in [6.45, 7) is 1.87. The summed E-state index contributed by atoms with van der Waals surface area (Å²) in [6, 6.07) is 16.3. The van der Waals surface area contributed by atoms with E-state index in [0.29, 0.717) is 11.4 Å². The molecular weight excluding hydrogens is 358 g/mol. The summed E-state index contributed by atoms with van der Waals surface area (Å²) < 4.78 is 31.0. The number of hydrogen-bond acceptors (Lipinski definition) is 4. The summed E-state index contributed by atoms with van der Waals surface area (Å²) >= 11 is 0. The van der Waals surface area contributed by atoms with E-state index in [0.717, 1.165) is 11.1 Å². The Morgan fingerprint density at radius 2 is 1.67 bits per heavy atom. The lowest BCUT2D eigenvalue weighted by atomic mass is 9.84. The molecule has 0 N–H and O–H groups in total. The molecule has 0 bridgehead atoms. The quantitative estimate of drug-likeness (QED) is 0.571. The molecule has 5 heteroatoms. The molecule has 0 amide bonds. The number of rotatable bonds is 4. The van der Waals surface area contributed by atoms with Gasteiger partial charge in [0.1, 0.15) is 10.4 Å². The zero-order valence-electron chi connectivity index (χ0n) is 15.4. The molecule has 1 aliphatic carbocycles. The van der Waals surface area contributed by atoms with Gasteiger partial charge < -0.3 is 4.18 Å². The van der Waals surface area contributed by atoms with Crippen LogP contribution in [0.5, 0.6) is 5.75 Å². The Balaban J connectivity index is 1.61. The smallest absolute Gasteiger partial charge is 0.339 e. The first-order chi connectivity index (χ1) is 13.0. The summed E-state index contributed by atoms with van der Waals surface area (Å²) in [5.41, 5.74) is 2.59. The fourth-order valence-corrected chi connectivity index (χ4v) is 4.73. The highest BCUT2D eigenvalue weighted by Gasteiger charge is 2.20. The fourth-order valence-electron chi connectivity index (χ4n) is 3.79. The van der Waals surface area contributed by atoms with Gasteiger partial charge in [0.05, 0.1) is 0 Å². The lowest BCUT2D eigenvalue weighted by Gasteiger charge is -2.22. The predicted octanol–water partition coefficient (Wildman–Crippen LogP) is 5.36. The van der Waals surface area contributed by atoms with Crippen molar-refractivity contribution in [3.8, 4) is 5.75 Å². The minimum Gasteiger partial charge on any atom is -0.377 e. The number of para-hydroxylation sites is 1. The van der Waals surface area contributed by atoms with Crippen molar-refractivity contribution in [2.24, 2.45) is 0 Å². The molecule has 0 unspecified atom stereocenters. The second-order valence-corrected chi connectivity index (χ2v) is 8.77. The summed E-state index contributed by atoms with van der Waals surface area (Å²) in [4.78, 5) is 4.61. The van der Waals surface area contributed by atoms with Gasteiger partial charge in [-0.25, -0.2) is 4.98 Å². The van der Waals surface area contributed by atoms with E-state index in [-0.39, 0.29) is 10.6 Å². The molecule has 0 spiro atoms. The molecule has 4 rings (SSSR count). The van der Waals surface area contributed by atoms with Gasteiger partial charge in [0.15, 0.2) is 5.75 Å². The molecular formula is C22H23NO3S. The average molecular weight is 381 g/mol. The highest BCUT2D eigenvalue weighted by molar-refractivity contribution is 7.87. The fraction of sp³-hybridized carbons (Fsp3) is 0.318. The van der Waals surface area contributed by atoms with Crippen molar-refractivity contribution >= 4 is 21.0 Å². The second kappa shape index (κ2) is 7.31. The summed E-state index contributed by atoms with van der Waals surface area (Å²) in [6.07, 6.45) is 6.17. The van der Waals surface area contributed by atoms with Crippen molar-refractivity contribution in [1.82, 2.24) is 4.98 Å². The van der Waals surface area contributed by atoms with E-state index in [1.165, 1.54) is 37.7 Å². The molecule has 1 saturated carbocycles. The zero-order valence-corrected chi connectivity index (χ0v) is 16.2. The van der Waals surface area contributed by atoms with E-state index >= 15 is 0 Å². The van der Waals surface area contributed by atoms with Crippen molar-refractivity contribution in [2.75, 3.05) is 0 Å². The Hall–Kier alpha value is -2.40. The SMILES string of the molecule is Cc1ccc2cccc(OS(=O)(=O)c3ccc(C4CCCCC4)cc3)c2n1. The number of aromatic nitrogens is 1. The van der Waals surface area contributed by atoms with E-state index in [2.05, 4.69) is 4.98 Å². The van der Waals surface area contributed by atoms with E-state index in [1.54, 1.807) is 24.3 Å². The predicted molar refractivity (Wildman–Crippen MR) is 107 cm³/mol. The van der Waals surface area contributed by atoms with Crippen LogP contribution in [0.3, 0.4) is 0 Å². The van der Waals surface area contributed by atoms with Gasteiger partial charge in [0.25, 0.3) is 0 Å². The third-order valence-corrected chi connectivity index (χ3v) is 6.52. The molecule has 1 fully saturated rings. The first-order valence-corrected chi connectivity index (χ1v) is 10.8. The van der Waals surface area contributed by atoms with E-state index in [4.69, 9.17) is 4.18 Å². The van der Waals surface area contributed by atoms with E-state index in [1.807, 2.05) is 37.3 Å². The normalized spacial score (nSPS) is 15.7. The maximum absolute atomic E-state index is 12.8. The molecule has 1 aromatic heterocycles. The number of fused-ring (bicyclic) bond motifs is 1. The molecule has 0 aliphatic heterocycles. The van der Waals surface area contributed by atoms with Crippen LogP contribution in [0.2, 0.25) is 0 Å². The highest BCUT2D eigenvalue weighted by Crippen LogP contribution is 2.33. The van der Waals surface area contributed by atoms with Crippen LogP contribution in [0.15, 0.2) is 59.5 Å². The highest BCUT2D eigenvalue weighted by atomic mass is 32.2. The van der Waals surface area contributed by atoms with Crippen LogP contribution >= 0.6 is 0 Å². The Morgan fingerprint density at radius 3 is 2.41 bits per heavy atom. The maximum Gasteiger partial charge on any atom is 0.339 e. The van der Waals surface area contributed by atoms with Gasteiger partial charge >= 0.3 is 10.1 Å². The lowest BCUT2D eigenvalue weighted by Crippen LogP contribution is -2.11. The molecule has 140 valence electrons. The molecule has 0 saturated heterocycles. The number of aryl methyl sites for hydroxylation is 1. The third-order valence-electron chi connectivity index (χ3n) is 5.27. The van der Waals surface area contributed by atoms with Crippen LogP contribution in [-0.2, 0) is 10.1 Å². The van der Waals surface area contributed by atoms with Gasteiger partial charge in [-0.1, -0.05) is 49.6 Å². The van der Waals surface area contributed by atoms with Crippen LogP contribution in [0, 0.1) is 6.92 Å². The maximum atomic E-state index is 12.8. The minimum absolute atomic E-state index is 0.173. The summed E-state index contributed by atoms with van der Waals surface area (Å²) in [7, 11) is -3.91. The Morgan fingerprint density at radius 1 is 0.926 bits per heavy atom. The van der Waals surface area contributed by atoms with Crippen LogP contribution in [0.25, 0.3) is 10.9 Å². The molecule has 0 atom stereocenters. The third kappa shape index (κ3) is 3.83. The molecule has 2 aromatic carbocycles. The van der Waals surface area contributed by atoms with Crippen molar-refractivity contribution in [2.45, 2.75) is 49.8 Å². The standard InChI is InChI=1S/C22H23NO3S/c1-16-10-11-19-8-5-9-21(22(19)23-16)26-27(24,25)20-14-12-18(13-15-20)17-6-3-2-4-7-17/h5,8-15,17H,2-4,6-7H2,1H3. The van der Waals surface area contributed by atoms with Gasteiger partial charge in [0.2, 0.25) is 0 Å². The van der Waals surface area contributed by atoms with Crippen LogP contribution in [0.1, 0.15) is 49.3 Å². The van der Waals surface area contributed by atoms with Gasteiger partial charge in [-0.05, 0) is 55.5 Å². The first kappa shape index (κ1) is 18.0. The minimum atomic E-state index is -3.91. The van der Waals surface area contributed by atoms with Gasteiger partial charge in [-0.2, -0.15) is 8.42 Å². The molecule has 3 aromatic rings.